The van der Waals surface area contributed by atoms with Gasteiger partial charge in [-0.2, -0.15) is 0 Å². The molecule has 0 N–H and O–H groups in total. The molecule has 0 unspecified atom stereocenters. The molecular formula is C15H18BrClN2O. The number of halogens is 2. The zero-order valence-corrected chi connectivity index (χ0v) is 13.9. The molecule has 2 aromatic rings. The van der Waals surface area contributed by atoms with Crippen LogP contribution in [0.15, 0.2) is 22.7 Å². The maximum absolute atomic E-state index is 5.93. The number of aryl methyl sites for hydroxylation is 1. The summed E-state index contributed by atoms with van der Waals surface area (Å²) in [6.07, 6.45) is 4.28. The minimum absolute atomic E-state index is 0.0169. The molecule has 3 nitrogen and oxygen atoms in total. The second-order valence-electron chi connectivity index (χ2n) is 5.43. The molecule has 3 rings (SSSR count). The summed E-state index contributed by atoms with van der Waals surface area (Å²) < 4.78 is 9.12. The molecule has 0 radical (unpaired) electrons. The average Bonchev–Trinajstić information content (AvgIpc) is 2.72. The van der Waals surface area contributed by atoms with Crippen LogP contribution < -0.4 is 0 Å². The van der Waals surface area contributed by atoms with E-state index in [2.05, 4.69) is 26.6 Å². The molecule has 20 heavy (non-hydrogen) atoms. The van der Waals surface area contributed by atoms with E-state index in [-0.39, 0.29) is 5.60 Å². The van der Waals surface area contributed by atoms with Gasteiger partial charge in [-0.15, -0.1) is 11.6 Å². The summed E-state index contributed by atoms with van der Waals surface area (Å²) in [5.74, 6) is 1.64. The Morgan fingerprint density at radius 2 is 2.25 bits per heavy atom. The third kappa shape index (κ3) is 2.49. The maximum Gasteiger partial charge on any atom is 0.111 e. The molecule has 0 aliphatic heterocycles. The van der Waals surface area contributed by atoms with Gasteiger partial charge in [0.15, 0.2) is 0 Å². The Morgan fingerprint density at radius 3 is 2.85 bits per heavy atom. The van der Waals surface area contributed by atoms with Crippen molar-refractivity contribution in [2.45, 2.75) is 37.8 Å². The number of hydrogen-bond donors (Lipinski definition) is 0. The standard InChI is InChI=1S/C15H18BrClN2O/c1-20-15(6-2-7-15)10-19-13-9-11(16)3-4-12(13)18-14(19)5-8-17/h3-4,9H,2,5-8,10H2,1H3. The van der Waals surface area contributed by atoms with Crippen molar-refractivity contribution in [3.63, 3.8) is 0 Å². The maximum atomic E-state index is 5.93. The Morgan fingerprint density at radius 1 is 1.45 bits per heavy atom. The van der Waals surface area contributed by atoms with Crippen LogP contribution >= 0.6 is 27.5 Å². The largest absolute Gasteiger partial charge is 0.376 e. The first kappa shape index (κ1) is 14.4. The van der Waals surface area contributed by atoms with Gasteiger partial charge in [0.05, 0.1) is 23.2 Å². The molecule has 1 aliphatic rings. The molecule has 1 heterocycles. The van der Waals surface area contributed by atoms with Gasteiger partial charge in [0.2, 0.25) is 0 Å². The van der Waals surface area contributed by atoms with Gasteiger partial charge >= 0.3 is 0 Å². The lowest BCUT2D eigenvalue weighted by atomic mass is 9.80. The summed E-state index contributed by atoms with van der Waals surface area (Å²) in [6.45, 7) is 0.864. The number of aromatic nitrogens is 2. The first-order chi connectivity index (χ1) is 9.67. The fourth-order valence-electron chi connectivity index (χ4n) is 2.88. The van der Waals surface area contributed by atoms with Crippen molar-refractivity contribution >= 4 is 38.6 Å². The number of imidazole rings is 1. The normalized spacial score (nSPS) is 17.4. The van der Waals surface area contributed by atoms with Crippen LogP contribution in [0.1, 0.15) is 25.1 Å². The molecule has 108 valence electrons. The van der Waals surface area contributed by atoms with Gasteiger partial charge in [0.25, 0.3) is 0 Å². The van der Waals surface area contributed by atoms with Crippen LogP contribution in [-0.4, -0.2) is 28.1 Å². The Kier molecular flexibility index (Phi) is 4.07. The first-order valence-electron chi connectivity index (χ1n) is 6.93. The lowest BCUT2D eigenvalue weighted by molar-refractivity contribution is -0.0832. The van der Waals surface area contributed by atoms with Crippen LogP contribution in [0.4, 0.5) is 0 Å². The van der Waals surface area contributed by atoms with Crippen molar-refractivity contribution in [2.75, 3.05) is 13.0 Å². The van der Waals surface area contributed by atoms with E-state index in [0.29, 0.717) is 5.88 Å². The lowest BCUT2D eigenvalue weighted by Crippen LogP contribution is -2.43. The van der Waals surface area contributed by atoms with E-state index >= 15 is 0 Å². The van der Waals surface area contributed by atoms with Crippen LogP contribution in [0, 0.1) is 0 Å². The Bertz CT molecular complexity index is 616. The smallest absolute Gasteiger partial charge is 0.111 e. The summed E-state index contributed by atoms with van der Waals surface area (Å²) >= 11 is 9.47. The van der Waals surface area contributed by atoms with E-state index in [4.69, 9.17) is 21.3 Å². The monoisotopic (exact) mass is 356 g/mol. The van der Waals surface area contributed by atoms with Crippen LogP contribution in [0.5, 0.6) is 0 Å². The van der Waals surface area contributed by atoms with Crippen molar-refractivity contribution in [2.24, 2.45) is 0 Å². The predicted molar refractivity (Wildman–Crippen MR) is 85.4 cm³/mol. The summed E-state index contributed by atoms with van der Waals surface area (Å²) in [4.78, 5) is 4.72. The van der Waals surface area contributed by atoms with Crippen molar-refractivity contribution < 1.29 is 4.74 Å². The Balaban J connectivity index is 2.05. The molecule has 1 aromatic heterocycles. The molecule has 0 saturated heterocycles. The van der Waals surface area contributed by atoms with E-state index in [1.54, 1.807) is 0 Å². The van der Waals surface area contributed by atoms with E-state index in [1.165, 1.54) is 6.42 Å². The second-order valence-corrected chi connectivity index (χ2v) is 6.72. The van der Waals surface area contributed by atoms with E-state index in [0.717, 1.165) is 47.1 Å². The molecule has 1 aromatic carbocycles. The van der Waals surface area contributed by atoms with E-state index < -0.39 is 0 Å². The Labute approximate surface area is 132 Å². The van der Waals surface area contributed by atoms with Crippen molar-refractivity contribution in [1.29, 1.82) is 0 Å². The van der Waals surface area contributed by atoms with Gasteiger partial charge in [-0.1, -0.05) is 15.9 Å². The summed E-state index contributed by atoms with van der Waals surface area (Å²) in [5.41, 5.74) is 2.17. The highest BCUT2D eigenvalue weighted by atomic mass is 79.9. The number of ether oxygens (including phenoxy) is 1. The molecule has 1 saturated carbocycles. The van der Waals surface area contributed by atoms with Crippen molar-refractivity contribution in [3.8, 4) is 0 Å². The first-order valence-corrected chi connectivity index (χ1v) is 8.26. The van der Waals surface area contributed by atoms with Gasteiger partial charge < -0.3 is 9.30 Å². The van der Waals surface area contributed by atoms with Crippen molar-refractivity contribution in [1.82, 2.24) is 9.55 Å². The number of alkyl halides is 1. The highest BCUT2D eigenvalue weighted by molar-refractivity contribution is 9.10. The highest BCUT2D eigenvalue weighted by Crippen LogP contribution is 2.38. The Hall–Kier alpha value is -0.580. The molecule has 0 spiro atoms. The van der Waals surface area contributed by atoms with Gasteiger partial charge in [0.1, 0.15) is 5.82 Å². The van der Waals surface area contributed by atoms with Gasteiger partial charge in [-0.05, 0) is 37.5 Å². The number of methoxy groups -OCH3 is 1. The number of fused-ring (bicyclic) bond motifs is 1. The second kappa shape index (κ2) is 5.66. The quantitative estimate of drug-likeness (QED) is 0.752. The number of nitrogens with zero attached hydrogens (tertiary/aromatic N) is 2. The lowest BCUT2D eigenvalue weighted by Gasteiger charge is -2.41. The van der Waals surface area contributed by atoms with Gasteiger partial charge in [0, 0.05) is 23.9 Å². The van der Waals surface area contributed by atoms with Crippen LogP contribution in [0.2, 0.25) is 0 Å². The molecule has 0 atom stereocenters. The molecule has 0 bridgehead atoms. The minimum Gasteiger partial charge on any atom is -0.376 e. The minimum atomic E-state index is -0.0169. The number of rotatable bonds is 5. The van der Waals surface area contributed by atoms with Gasteiger partial charge in [-0.3, -0.25) is 0 Å². The fraction of sp³-hybridized carbons (Fsp3) is 0.533. The van der Waals surface area contributed by atoms with Crippen LogP contribution in [0.25, 0.3) is 11.0 Å². The SMILES string of the molecule is COC1(Cn2c(CCCl)nc3ccc(Br)cc32)CCC1. The third-order valence-corrected chi connectivity index (χ3v) is 4.93. The van der Waals surface area contributed by atoms with E-state index in [1.807, 2.05) is 19.2 Å². The molecule has 1 fully saturated rings. The highest BCUT2D eigenvalue weighted by Gasteiger charge is 2.38. The predicted octanol–water partition coefficient (Wildman–Crippen LogP) is 4.15. The fourth-order valence-corrected chi connectivity index (χ4v) is 3.40. The number of hydrogen-bond acceptors (Lipinski definition) is 2. The molecule has 1 aliphatic carbocycles. The zero-order chi connectivity index (χ0) is 14.2. The van der Waals surface area contributed by atoms with Crippen molar-refractivity contribution in [3.05, 3.63) is 28.5 Å². The number of benzene rings is 1. The van der Waals surface area contributed by atoms with Crippen LogP contribution in [-0.2, 0) is 17.7 Å². The summed E-state index contributed by atoms with van der Waals surface area (Å²) in [5, 5.41) is 0. The van der Waals surface area contributed by atoms with E-state index in [9.17, 15) is 0 Å². The third-order valence-electron chi connectivity index (χ3n) is 4.25. The van der Waals surface area contributed by atoms with Gasteiger partial charge in [-0.25, -0.2) is 4.98 Å². The summed E-state index contributed by atoms with van der Waals surface area (Å²) in [7, 11) is 1.81. The molecule has 0 amide bonds. The van der Waals surface area contributed by atoms with Crippen LogP contribution in [0.3, 0.4) is 0 Å². The molecule has 5 heteroatoms. The topological polar surface area (TPSA) is 27.1 Å². The molecular weight excluding hydrogens is 340 g/mol. The average molecular weight is 358 g/mol. The zero-order valence-electron chi connectivity index (χ0n) is 11.5. The summed E-state index contributed by atoms with van der Waals surface area (Å²) in [6, 6.07) is 6.20.